The molecule has 0 amide bonds. The average Bonchev–Trinajstić information content (AvgIpc) is 2.73. The molecule has 7 nitrogen and oxygen atoms in total. The predicted octanol–water partition coefficient (Wildman–Crippen LogP) is 1.99. The molecule has 0 saturated carbocycles. The molecule has 0 atom stereocenters. The molecule has 1 aliphatic rings. The Balaban J connectivity index is 1.63. The van der Waals surface area contributed by atoms with Crippen molar-refractivity contribution in [3.8, 4) is 11.3 Å². The summed E-state index contributed by atoms with van der Waals surface area (Å²) < 4.78 is 26.9. The van der Waals surface area contributed by atoms with Crippen LogP contribution in [0.3, 0.4) is 0 Å². The van der Waals surface area contributed by atoms with Crippen LogP contribution >= 0.6 is 0 Å². The molecule has 144 valence electrons. The average molecular weight is 396 g/mol. The predicted molar refractivity (Wildman–Crippen MR) is 107 cm³/mol. The molecule has 0 aliphatic carbocycles. The molecule has 4 rings (SSSR count). The maximum absolute atomic E-state index is 12.6. The molecule has 8 heteroatoms. The van der Waals surface area contributed by atoms with Crippen molar-refractivity contribution in [1.82, 2.24) is 14.5 Å². The summed E-state index contributed by atoms with van der Waals surface area (Å²) in [6.45, 7) is 1.53. The minimum absolute atomic E-state index is 0.0353. The van der Waals surface area contributed by atoms with Gasteiger partial charge in [-0.15, -0.1) is 0 Å². The normalized spacial score (nSPS) is 13.9. The summed E-state index contributed by atoms with van der Waals surface area (Å²) in [5.41, 5.74) is 1.24. The molecule has 1 aliphatic heterocycles. The zero-order chi connectivity index (χ0) is 19.6. The van der Waals surface area contributed by atoms with Gasteiger partial charge in [0.1, 0.15) is 0 Å². The Morgan fingerprint density at radius 1 is 1.00 bits per heavy atom. The Morgan fingerprint density at radius 2 is 1.75 bits per heavy atom. The van der Waals surface area contributed by atoms with E-state index < -0.39 is 9.84 Å². The number of benzene rings is 1. The molecular weight excluding hydrogens is 376 g/mol. The molecule has 0 fully saturated rings. The summed E-state index contributed by atoms with van der Waals surface area (Å²) in [5, 5.41) is 0. The van der Waals surface area contributed by atoms with Crippen LogP contribution in [0.1, 0.15) is 6.42 Å². The standard InChI is InChI=1S/C20H20N4O3S/c25-19-15-18(16-7-9-21-10-8-16)22-20-23(11-4-12-24(19)20)13-14-28(26,27)17-5-2-1-3-6-17/h1-3,5-10,15H,4,11-14H2. The minimum Gasteiger partial charge on any atom is -0.341 e. The van der Waals surface area contributed by atoms with E-state index in [2.05, 4.69) is 9.97 Å². The molecular formula is C20H20N4O3S. The summed E-state index contributed by atoms with van der Waals surface area (Å²) >= 11 is 0. The lowest BCUT2D eigenvalue weighted by molar-refractivity contribution is 0.536. The molecule has 0 N–H and O–H groups in total. The first-order valence-electron chi connectivity index (χ1n) is 9.10. The van der Waals surface area contributed by atoms with Crippen molar-refractivity contribution in [2.45, 2.75) is 17.9 Å². The van der Waals surface area contributed by atoms with Gasteiger partial charge in [0, 0.05) is 43.7 Å². The monoisotopic (exact) mass is 396 g/mol. The van der Waals surface area contributed by atoms with Gasteiger partial charge in [-0.3, -0.25) is 14.3 Å². The van der Waals surface area contributed by atoms with Crippen LogP contribution in [0.15, 0.2) is 70.6 Å². The van der Waals surface area contributed by atoms with Gasteiger partial charge in [-0.1, -0.05) is 18.2 Å². The summed E-state index contributed by atoms with van der Waals surface area (Å²) in [4.78, 5) is 23.4. The highest BCUT2D eigenvalue weighted by molar-refractivity contribution is 7.91. The number of hydrogen-bond acceptors (Lipinski definition) is 6. The number of rotatable bonds is 5. The van der Waals surface area contributed by atoms with Gasteiger partial charge >= 0.3 is 0 Å². The molecule has 1 aromatic carbocycles. The fourth-order valence-corrected chi connectivity index (χ4v) is 4.59. The second-order valence-electron chi connectivity index (χ2n) is 6.64. The second kappa shape index (κ2) is 7.55. The quantitative estimate of drug-likeness (QED) is 0.656. The number of fused-ring (bicyclic) bond motifs is 1. The highest BCUT2D eigenvalue weighted by atomic mass is 32.2. The first-order valence-corrected chi connectivity index (χ1v) is 10.7. The largest absolute Gasteiger partial charge is 0.341 e. The van der Waals surface area contributed by atoms with Gasteiger partial charge in [-0.2, -0.15) is 0 Å². The number of anilines is 1. The second-order valence-corrected chi connectivity index (χ2v) is 8.75. The van der Waals surface area contributed by atoms with E-state index in [0.29, 0.717) is 29.6 Å². The lowest BCUT2D eigenvalue weighted by Crippen LogP contribution is -2.40. The Kier molecular flexibility index (Phi) is 4.95. The first kappa shape index (κ1) is 18.4. The zero-order valence-corrected chi connectivity index (χ0v) is 16.0. The molecule has 28 heavy (non-hydrogen) atoms. The smallest absolute Gasteiger partial charge is 0.255 e. The number of pyridine rings is 1. The van der Waals surface area contributed by atoms with Gasteiger partial charge in [0.15, 0.2) is 9.84 Å². The van der Waals surface area contributed by atoms with E-state index in [-0.39, 0.29) is 17.9 Å². The molecule has 3 aromatic rings. The number of nitrogens with zero attached hydrogens (tertiary/aromatic N) is 4. The minimum atomic E-state index is -3.40. The Bertz CT molecular complexity index is 1130. The van der Waals surface area contributed by atoms with E-state index in [1.807, 2.05) is 4.90 Å². The van der Waals surface area contributed by atoms with Crippen LogP contribution in [0.2, 0.25) is 0 Å². The van der Waals surface area contributed by atoms with Gasteiger partial charge in [0.25, 0.3) is 5.56 Å². The molecule has 2 aromatic heterocycles. The highest BCUT2D eigenvalue weighted by Crippen LogP contribution is 2.22. The summed E-state index contributed by atoms with van der Waals surface area (Å²) in [5.74, 6) is 0.487. The van der Waals surface area contributed by atoms with Crippen LogP contribution in [-0.4, -0.2) is 41.8 Å². The third-order valence-corrected chi connectivity index (χ3v) is 6.50. The van der Waals surface area contributed by atoms with Crippen LogP contribution in [0.25, 0.3) is 11.3 Å². The fourth-order valence-electron chi connectivity index (χ4n) is 3.32. The van der Waals surface area contributed by atoms with E-state index in [4.69, 9.17) is 0 Å². The van der Waals surface area contributed by atoms with E-state index in [1.54, 1.807) is 59.4 Å². The Labute approximate surface area is 163 Å². The summed E-state index contributed by atoms with van der Waals surface area (Å²) in [6.07, 6.45) is 4.07. The summed E-state index contributed by atoms with van der Waals surface area (Å²) in [7, 11) is -3.40. The van der Waals surface area contributed by atoms with Crippen LogP contribution in [0.4, 0.5) is 5.95 Å². The Morgan fingerprint density at radius 3 is 2.50 bits per heavy atom. The van der Waals surface area contributed by atoms with Crippen molar-refractivity contribution in [2.75, 3.05) is 23.7 Å². The molecule has 0 radical (unpaired) electrons. The molecule has 0 bridgehead atoms. The SMILES string of the molecule is O=c1cc(-c2ccncc2)nc2n1CCCN2CCS(=O)(=O)c1ccccc1. The van der Waals surface area contributed by atoms with Crippen LogP contribution in [-0.2, 0) is 16.4 Å². The van der Waals surface area contributed by atoms with Crippen LogP contribution in [0.5, 0.6) is 0 Å². The lowest BCUT2D eigenvalue weighted by atomic mass is 10.2. The van der Waals surface area contributed by atoms with Gasteiger partial charge < -0.3 is 4.90 Å². The molecule has 0 unspecified atom stereocenters. The molecule has 3 heterocycles. The third-order valence-electron chi connectivity index (χ3n) is 4.79. The zero-order valence-electron chi connectivity index (χ0n) is 15.2. The van der Waals surface area contributed by atoms with E-state index in [0.717, 1.165) is 12.0 Å². The summed E-state index contributed by atoms with van der Waals surface area (Å²) in [6, 6.07) is 13.5. The van der Waals surface area contributed by atoms with Crippen molar-refractivity contribution in [1.29, 1.82) is 0 Å². The highest BCUT2D eigenvalue weighted by Gasteiger charge is 2.23. The van der Waals surface area contributed by atoms with Crippen molar-refractivity contribution in [3.63, 3.8) is 0 Å². The fraction of sp³-hybridized carbons (Fsp3) is 0.250. The lowest BCUT2D eigenvalue weighted by Gasteiger charge is -2.31. The molecule has 0 saturated heterocycles. The maximum atomic E-state index is 12.6. The van der Waals surface area contributed by atoms with E-state index >= 15 is 0 Å². The number of aromatic nitrogens is 3. The van der Waals surface area contributed by atoms with Gasteiger partial charge in [0.2, 0.25) is 5.95 Å². The molecule has 0 spiro atoms. The van der Waals surface area contributed by atoms with Crippen molar-refractivity contribution in [2.24, 2.45) is 0 Å². The van der Waals surface area contributed by atoms with Crippen molar-refractivity contribution < 1.29 is 8.42 Å². The van der Waals surface area contributed by atoms with E-state index in [1.165, 1.54) is 6.07 Å². The van der Waals surface area contributed by atoms with Crippen LogP contribution < -0.4 is 10.5 Å². The van der Waals surface area contributed by atoms with Crippen molar-refractivity contribution in [3.05, 3.63) is 71.3 Å². The number of sulfone groups is 1. The van der Waals surface area contributed by atoms with Crippen molar-refractivity contribution >= 4 is 15.8 Å². The maximum Gasteiger partial charge on any atom is 0.255 e. The third kappa shape index (κ3) is 3.68. The van der Waals surface area contributed by atoms with Gasteiger partial charge in [-0.25, -0.2) is 13.4 Å². The van der Waals surface area contributed by atoms with Gasteiger partial charge in [0.05, 0.1) is 16.3 Å². The number of hydrogen-bond donors (Lipinski definition) is 0. The van der Waals surface area contributed by atoms with E-state index in [9.17, 15) is 13.2 Å². The van der Waals surface area contributed by atoms with Crippen LogP contribution in [0, 0.1) is 0 Å². The first-order chi connectivity index (χ1) is 13.5. The topological polar surface area (TPSA) is 85.2 Å². The van der Waals surface area contributed by atoms with Gasteiger partial charge in [-0.05, 0) is 30.7 Å². The Hall–Kier alpha value is -3.00.